The number of likely N-dealkylation sites (tertiary alicyclic amines) is 1. The van der Waals surface area contributed by atoms with Crippen LogP contribution in [0.1, 0.15) is 56.4 Å². The number of carbonyl (C=O) groups excluding carboxylic acids is 1. The molecule has 29 heavy (non-hydrogen) atoms. The lowest BCUT2D eigenvalue weighted by Gasteiger charge is -2.33. The van der Waals surface area contributed by atoms with Crippen LogP contribution in [0.5, 0.6) is 0 Å². The topological polar surface area (TPSA) is 75.7 Å². The van der Waals surface area contributed by atoms with E-state index >= 15 is 0 Å². The molecule has 0 radical (unpaired) electrons. The first kappa shape index (κ1) is 20.8. The van der Waals surface area contributed by atoms with Gasteiger partial charge in [0.15, 0.2) is 0 Å². The van der Waals surface area contributed by atoms with Gasteiger partial charge in [0.2, 0.25) is 15.9 Å². The van der Waals surface area contributed by atoms with Gasteiger partial charge in [0.1, 0.15) is 0 Å². The lowest BCUT2D eigenvalue weighted by Crippen LogP contribution is -2.49. The molecule has 1 aliphatic heterocycles. The summed E-state index contributed by atoms with van der Waals surface area (Å²) in [6.45, 7) is 1.02. The van der Waals surface area contributed by atoms with Gasteiger partial charge in [0, 0.05) is 18.5 Å². The zero-order valence-corrected chi connectivity index (χ0v) is 17.9. The van der Waals surface area contributed by atoms with Crippen LogP contribution < -0.4 is 4.72 Å². The van der Waals surface area contributed by atoms with Crippen LogP contribution in [-0.2, 0) is 19.6 Å². The number of sulfonamides is 1. The van der Waals surface area contributed by atoms with E-state index < -0.39 is 10.0 Å². The highest BCUT2D eigenvalue weighted by atomic mass is 32.2. The Morgan fingerprint density at radius 2 is 1.76 bits per heavy atom. The Kier molecular flexibility index (Phi) is 6.27. The van der Waals surface area contributed by atoms with Crippen molar-refractivity contribution in [2.45, 2.75) is 69.1 Å². The van der Waals surface area contributed by atoms with Crippen molar-refractivity contribution in [2.24, 2.45) is 5.92 Å². The number of nitrogens with one attached hydrogen (secondary N) is 1. The fraction of sp³-hybridized carbons (Fsp3) is 0.682. The minimum absolute atomic E-state index is 0.135. The van der Waals surface area contributed by atoms with Gasteiger partial charge in [0.05, 0.1) is 25.0 Å². The second-order valence-corrected chi connectivity index (χ2v) is 10.7. The predicted molar refractivity (Wildman–Crippen MR) is 112 cm³/mol. The molecule has 0 bridgehead atoms. The van der Waals surface area contributed by atoms with Crippen LogP contribution in [0.2, 0.25) is 0 Å². The number of hydrogen-bond donors (Lipinski definition) is 1. The quantitative estimate of drug-likeness (QED) is 0.736. The molecule has 1 aromatic rings. The number of ether oxygens (including phenoxy) is 1. The van der Waals surface area contributed by atoms with Gasteiger partial charge in [0.25, 0.3) is 0 Å². The third-order valence-electron chi connectivity index (χ3n) is 6.57. The van der Waals surface area contributed by atoms with E-state index in [0.717, 1.165) is 38.5 Å². The van der Waals surface area contributed by atoms with Crippen LogP contribution in [-0.4, -0.2) is 56.8 Å². The van der Waals surface area contributed by atoms with Gasteiger partial charge in [-0.1, -0.05) is 30.3 Å². The highest BCUT2D eigenvalue weighted by molar-refractivity contribution is 7.88. The molecule has 160 valence electrons. The first-order chi connectivity index (χ1) is 13.9. The van der Waals surface area contributed by atoms with Gasteiger partial charge in [-0.15, -0.1) is 0 Å². The van der Waals surface area contributed by atoms with E-state index in [9.17, 15) is 13.2 Å². The summed E-state index contributed by atoms with van der Waals surface area (Å²) in [5.41, 5.74) is 1.40. The van der Waals surface area contributed by atoms with Crippen molar-refractivity contribution in [1.82, 2.24) is 9.62 Å². The van der Waals surface area contributed by atoms with Crippen molar-refractivity contribution in [3.8, 4) is 0 Å². The number of hydrogen-bond acceptors (Lipinski definition) is 4. The Labute approximate surface area is 174 Å². The zero-order valence-electron chi connectivity index (χ0n) is 17.1. The van der Waals surface area contributed by atoms with Gasteiger partial charge >= 0.3 is 0 Å². The molecule has 2 atom stereocenters. The molecule has 6 nitrogen and oxygen atoms in total. The van der Waals surface area contributed by atoms with E-state index in [2.05, 4.69) is 35.1 Å². The standard InChI is InChI=1S/C22H32N2O4S/c1-29(26,27)23-20-13-14-24(22(25)18-7-8-18)21(20)15-28-19-11-9-17(10-12-19)16-5-3-2-4-6-16/h2-6,17-21,23H,7-15H2,1H3/t17?,19?,20-,21-/m0/s1. The highest BCUT2D eigenvalue weighted by Crippen LogP contribution is 2.36. The monoisotopic (exact) mass is 420 g/mol. The summed E-state index contributed by atoms with van der Waals surface area (Å²) >= 11 is 0. The average molecular weight is 421 g/mol. The van der Waals surface area contributed by atoms with Crippen LogP contribution in [0, 0.1) is 5.92 Å². The number of amides is 1. The molecule has 3 fully saturated rings. The van der Waals surface area contributed by atoms with Crippen LogP contribution >= 0.6 is 0 Å². The maximum absolute atomic E-state index is 12.7. The maximum Gasteiger partial charge on any atom is 0.226 e. The molecule has 0 spiro atoms. The van der Waals surface area contributed by atoms with E-state index in [1.807, 2.05) is 4.90 Å². The van der Waals surface area contributed by atoms with Gasteiger partial charge < -0.3 is 9.64 Å². The Balaban J connectivity index is 1.33. The summed E-state index contributed by atoms with van der Waals surface area (Å²) in [5, 5.41) is 0. The van der Waals surface area contributed by atoms with E-state index in [4.69, 9.17) is 4.74 Å². The van der Waals surface area contributed by atoms with Crippen molar-refractivity contribution in [1.29, 1.82) is 0 Å². The third-order valence-corrected chi connectivity index (χ3v) is 7.30. The molecular weight excluding hydrogens is 388 g/mol. The molecule has 2 aliphatic carbocycles. The lowest BCUT2D eigenvalue weighted by molar-refractivity contribution is -0.135. The molecule has 7 heteroatoms. The van der Waals surface area contributed by atoms with Crippen molar-refractivity contribution in [2.75, 3.05) is 19.4 Å². The van der Waals surface area contributed by atoms with Crippen molar-refractivity contribution < 1.29 is 17.9 Å². The SMILES string of the molecule is CS(=O)(=O)N[C@H]1CCN(C(=O)C2CC2)[C@H]1COC1CCC(c2ccccc2)CC1. The number of nitrogens with zero attached hydrogens (tertiary/aromatic N) is 1. The van der Waals surface area contributed by atoms with Crippen LogP contribution in [0.25, 0.3) is 0 Å². The van der Waals surface area contributed by atoms with Crippen LogP contribution in [0.15, 0.2) is 30.3 Å². The minimum Gasteiger partial charge on any atom is -0.376 e. The van der Waals surface area contributed by atoms with Crippen molar-refractivity contribution in [3.05, 3.63) is 35.9 Å². The second-order valence-electron chi connectivity index (χ2n) is 8.88. The van der Waals surface area contributed by atoms with E-state index in [1.165, 1.54) is 11.8 Å². The highest BCUT2D eigenvalue weighted by Gasteiger charge is 2.43. The molecule has 4 rings (SSSR count). The van der Waals surface area contributed by atoms with Crippen LogP contribution in [0.4, 0.5) is 0 Å². The molecule has 0 aromatic heterocycles. The average Bonchev–Trinajstić information content (AvgIpc) is 3.48. The molecule has 1 aromatic carbocycles. The summed E-state index contributed by atoms with van der Waals surface area (Å²) in [6.07, 6.45) is 8.16. The summed E-state index contributed by atoms with van der Waals surface area (Å²) in [6, 6.07) is 10.2. The maximum atomic E-state index is 12.7. The number of benzene rings is 1. The van der Waals surface area contributed by atoms with Gasteiger partial charge in [-0.05, 0) is 56.4 Å². The Morgan fingerprint density at radius 3 is 2.38 bits per heavy atom. The molecule has 0 unspecified atom stereocenters. The molecule has 1 N–H and O–H groups in total. The molecule has 1 saturated heterocycles. The van der Waals surface area contributed by atoms with Crippen molar-refractivity contribution >= 4 is 15.9 Å². The summed E-state index contributed by atoms with van der Waals surface area (Å²) in [5.74, 6) is 0.898. The lowest BCUT2D eigenvalue weighted by atomic mass is 9.83. The normalized spacial score (nSPS) is 30.4. The Hall–Kier alpha value is -1.44. The first-order valence-electron chi connectivity index (χ1n) is 10.8. The van der Waals surface area contributed by atoms with Gasteiger partial charge in [-0.25, -0.2) is 13.1 Å². The molecule has 1 heterocycles. The Morgan fingerprint density at radius 1 is 1.07 bits per heavy atom. The molecule has 3 aliphatic rings. The van der Waals surface area contributed by atoms with E-state index in [0.29, 0.717) is 25.5 Å². The Bertz CT molecular complexity index is 801. The van der Waals surface area contributed by atoms with Crippen LogP contribution in [0.3, 0.4) is 0 Å². The van der Waals surface area contributed by atoms with E-state index in [-0.39, 0.29) is 30.0 Å². The van der Waals surface area contributed by atoms with E-state index in [1.54, 1.807) is 0 Å². The molecule has 1 amide bonds. The second kappa shape index (κ2) is 8.74. The smallest absolute Gasteiger partial charge is 0.226 e. The number of rotatable bonds is 7. The fourth-order valence-electron chi connectivity index (χ4n) is 4.83. The molecular formula is C22H32N2O4S. The minimum atomic E-state index is -3.32. The summed E-state index contributed by atoms with van der Waals surface area (Å²) in [4.78, 5) is 14.5. The number of carbonyl (C=O) groups is 1. The van der Waals surface area contributed by atoms with Gasteiger partial charge in [-0.3, -0.25) is 4.79 Å². The third kappa shape index (κ3) is 5.38. The molecule has 2 saturated carbocycles. The summed E-state index contributed by atoms with van der Waals surface area (Å²) in [7, 11) is -3.32. The van der Waals surface area contributed by atoms with Crippen molar-refractivity contribution in [3.63, 3.8) is 0 Å². The summed E-state index contributed by atoms with van der Waals surface area (Å²) < 4.78 is 32.5. The predicted octanol–water partition coefficient (Wildman–Crippen LogP) is 2.66. The fourth-order valence-corrected chi connectivity index (χ4v) is 5.66. The first-order valence-corrected chi connectivity index (χ1v) is 12.7. The largest absolute Gasteiger partial charge is 0.376 e. The zero-order chi connectivity index (χ0) is 20.4. The van der Waals surface area contributed by atoms with Gasteiger partial charge in [-0.2, -0.15) is 0 Å².